The maximum Gasteiger partial charge on any atom is 0.410 e. The number of nitrogens with two attached hydrogens (primary N) is 1. The summed E-state index contributed by atoms with van der Waals surface area (Å²) >= 11 is 0. The van der Waals surface area contributed by atoms with Crippen LogP contribution in [0.25, 0.3) is 21.5 Å². The molecule has 8 aromatic rings. The normalized spacial score (nSPS) is 17.4. The number of benzene rings is 6. The molecule has 2 aliphatic rings. The van der Waals surface area contributed by atoms with Gasteiger partial charge < -0.3 is 70.9 Å². The first-order valence-electron chi connectivity index (χ1n) is 42.8. The lowest BCUT2D eigenvalue weighted by molar-refractivity contribution is -0.156. The summed E-state index contributed by atoms with van der Waals surface area (Å²) in [6.45, 7) is 28.5. The van der Waals surface area contributed by atoms with E-state index in [2.05, 4.69) is 53.3 Å². The third kappa shape index (κ3) is 26.3. The van der Waals surface area contributed by atoms with Crippen molar-refractivity contribution < 1.29 is 81.5 Å². The summed E-state index contributed by atoms with van der Waals surface area (Å²) in [4.78, 5) is 161. The van der Waals surface area contributed by atoms with E-state index in [9.17, 15) is 43.9 Å². The minimum atomic E-state index is -1.41. The van der Waals surface area contributed by atoms with Crippen LogP contribution in [0, 0.1) is 22.2 Å². The molecular formula is C94H121N17O17. The van der Waals surface area contributed by atoms with Crippen molar-refractivity contribution in [1.29, 1.82) is 5.26 Å². The van der Waals surface area contributed by atoms with Crippen molar-refractivity contribution in [3.63, 3.8) is 0 Å². The number of nitrogens with zero attached hydrogens (tertiary/aromatic N) is 11. The quantitative estimate of drug-likeness (QED) is 0.0152. The fraction of sp³-hybridized carbons (Fsp3) is 0.489. The van der Waals surface area contributed by atoms with Gasteiger partial charge in [-0.3, -0.25) is 48.2 Å². The number of carboxylic acid groups (broad SMARTS) is 1. The first-order valence-corrected chi connectivity index (χ1v) is 42.8. The Morgan fingerprint density at radius 1 is 0.484 bits per heavy atom. The maximum atomic E-state index is 15.5. The number of likely N-dealkylation sites (N-methyl/N-ethyl adjacent to an activating group) is 2. The number of fused-ring (bicyclic) bond motifs is 2. The number of esters is 1. The Morgan fingerprint density at radius 3 is 1.24 bits per heavy atom. The summed E-state index contributed by atoms with van der Waals surface area (Å²) in [5.74, 6) is -5.83. The van der Waals surface area contributed by atoms with E-state index in [4.69, 9.17) is 29.4 Å². The standard InChI is InChI=1S/C94H121N17O17/c1-55(106(18)88(122)127-93(12,13)14)79(112)100-77(90(3,4)5)84(117)108-51-68(110-49-67(103-104-110)54-125-71-38-32-58(33-39-71)43-72(96)87(121)126-92(9,10)11)46-75(108)82(115)98-73(44-59-28-34-61-24-20-22-26-63(61)40-59)81(114)97-65(48-95)42-57-30-36-70(37-31-57)124-53-66-50-111(105-102-66)69-47-76(83(116)99-74(86(119)120)45-60-29-35-62-25-21-23-27-64(62)41-60)109(52-69)85(118)78(91(6,7)8)101-80(113)56(2)107(19)89(123)128-94(15,16)17/h20-41,49-50,55-56,65,68-69,72-78H,42-47,51-54,96H2,1-19H3,(H,97,114)(H,98,115)(H,99,116)(H,100,112)(H,101,113)(H,119,120)/t55-,56-,65-,68-,69-,72-,73-,74-,75-,76-,77+,78+/m0/s1. The highest BCUT2D eigenvalue weighted by Crippen LogP contribution is 2.35. The molecule has 0 radical (unpaired) electrons. The van der Waals surface area contributed by atoms with Crippen molar-refractivity contribution in [2.45, 2.75) is 259 Å². The molecule has 8 N–H and O–H groups in total. The Labute approximate surface area is 745 Å². The number of nitrogens with one attached hydrogen (secondary N) is 5. The van der Waals surface area contributed by atoms with Crippen molar-refractivity contribution in [3.8, 4) is 17.6 Å². The van der Waals surface area contributed by atoms with Crippen LogP contribution in [0.15, 0.2) is 146 Å². The van der Waals surface area contributed by atoms with Crippen molar-refractivity contribution in [1.82, 2.24) is 76.2 Å². The minimum Gasteiger partial charge on any atom is -0.487 e. The van der Waals surface area contributed by atoms with Gasteiger partial charge >= 0.3 is 24.1 Å². The van der Waals surface area contributed by atoms with Gasteiger partial charge in [0.05, 0.1) is 30.5 Å². The second kappa shape index (κ2) is 40.7. The lowest BCUT2D eigenvalue weighted by Crippen LogP contribution is -2.61. The smallest absolute Gasteiger partial charge is 0.410 e. The van der Waals surface area contributed by atoms with E-state index < -0.39 is 166 Å². The molecule has 2 aliphatic heterocycles. The van der Waals surface area contributed by atoms with E-state index in [1.54, 1.807) is 171 Å². The second-order valence-electron chi connectivity index (χ2n) is 38.2. The van der Waals surface area contributed by atoms with Crippen LogP contribution in [-0.4, -0.2) is 225 Å². The van der Waals surface area contributed by atoms with E-state index in [1.807, 2.05) is 78.9 Å². The number of ether oxygens (including phenoxy) is 5. The molecule has 10 rings (SSSR count). The van der Waals surface area contributed by atoms with Gasteiger partial charge in [0, 0.05) is 59.3 Å². The van der Waals surface area contributed by atoms with E-state index in [0.29, 0.717) is 39.6 Å². The summed E-state index contributed by atoms with van der Waals surface area (Å²) in [5, 5.41) is 56.9. The maximum absolute atomic E-state index is 15.5. The van der Waals surface area contributed by atoms with Crippen molar-refractivity contribution in [2.24, 2.45) is 16.6 Å². The Hall–Kier alpha value is -13.1. The highest BCUT2D eigenvalue weighted by molar-refractivity contribution is 5.98. The van der Waals surface area contributed by atoms with E-state index in [0.717, 1.165) is 36.9 Å². The predicted octanol–water partition coefficient (Wildman–Crippen LogP) is 9.19. The van der Waals surface area contributed by atoms with Crippen LogP contribution >= 0.6 is 0 Å². The van der Waals surface area contributed by atoms with Gasteiger partial charge in [-0.1, -0.05) is 161 Å². The molecule has 0 saturated carbocycles. The number of carboxylic acids is 1. The van der Waals surface area contributed by atoms with Gasteiger partial charge in [-0.05, 0) is 161 Å². The number of aromatic nitrogens is 6. The van der Waals surface area contributed by atoms with Crippen LogP contribution in [0.1, 0.15) is 176 Å². The first kappa shape index (κ1) is 97.1. The average Bonchev–Trinajstić information content (AvgIpc) is 1.62. The van der Waals surface area contributed by atoms with Crippen molar-refractivity contribution in [2.75, 3.05) is 27.2 Å². The first-order chi connectivity index (χ1) is 60.0. The van der Waals surface area contributed by atoms with Gasteiger partial charge in [0.1, 0.15) is 113 Å². The average molecular weight is 1760 g/mol. The third-order valence-corrected chi connectivity index (χ3v) is 22.1. The number of carbonyl (C=O) groups excluding carboxylic acids is 10. The summed E-state index contributed by atoms with van der Waals surface area (Å²) < 4.78 is 31.9. The number of rotatable bonds is 32. The topological polar surface area (TPSA) is 438 Å². The molecule has 2 saturated heterocycles. The predicted molar refractivity (Wildman–Crippen MR) is 475 cm³/mol. The van der Waals surface area contributed by atoms with Crippen molar-refractivity contribution in [3.05, 3.63) is 179 Å². The molecule has 128 heavy (non-hydrogen) atoms. The van der Waals surface area contributed by atoms with E-state index >= 15 is 19.2 Å². The Bertz CT molecular complexity index is 5380. The monoisotopic (exact) mass is 1760 g/mol. The molecule has 34 heteroatoms. The molecule has 9 amide bonds. The summed E-state index contributed by atoms with van der Waals surface area (Å²) in [7, 11) is 2.81. The highest BCUT2D eigenvalue weighted by Gasteiger charge is 2.50. The fourth-order valence-electron chi connectivity index (χ4n) is 14.9. The zero-order chi connectivity index (χ0) is 93.8. The van der Waals surface area contributed by atoms with Gasteiger partial charge in [-0.2, -0.15) is 5.26 Å². The third-order valence-electron chi connectivity index (χ3n) is 22.1. The van der Waals surface area contributed by atoms with Crippen LogP contribution in [0.5, 0.6) is 11.5 Å². The number of hydrogen-bond donors (Lipinski definition) is 7. The van der Waals surface area contributed by atoms with E-state index in [-0.39, 0.29) is 64.8 Å². The molecule has 0 aliphatic carbocycles. The molecule has 0 spiro atoms. The van der Waals surface area contributed by atoms with Crippen LogP contribution in [0.3, 0.4) is 0 Å². The van der Waals surface area contributed by atoms with Crippen LogP contribution < -0.4 is 41.8 Å². The zero-order valence-electron chi connectivity index (χ0n) is 76.3. The molecule has 2 fully saturated rings. The Kier molecular flexibility index (Phi) is 30.9. The zero-order valence-corrected chi connectivity index (χ0v) is 76.3. The van der Waals surface area contributed by atoms with Gasteiger partial charge in [0.25, 0.3) is 0 Å². The number of amides is 9. The lowest BCUT2D eigenvalue weighted by atomic mass is 9.85. The number of hydrogen-bond acceptors (Lipinski definition) is 22. The molecule has 2 aromatic heterocycles. The molecule has 0 bridgehead atoms. The molecule has 684 valence electrons. The highest BCUT2D eigenvalue weighted by atomic mass is 16.6. The summed E-state index contributed by atoms with van der Waals surface area (Å²) in [6.07, 6.45) is 1.67. The molecule has 6 aromatic carbocycles. The van der Waals surface area contributed by atoms with Crippen LogP contribution in [-0.2, 0) is 96.3 Å². The van der Waals surface area contributed by atoms with Gasteiger partial charge in [0.15, 0.2) is 0 Å². The second-order valence-corrected chi connectivity index (χ2v) is 38.2. The van der Waals surface area contributed by atoms with Gasteiger partial charge in [-0.25, -0.2) is 23.7 Å². The molecule has 12 atom stereocenters. The van der Waals surface area contributed by atoms with Crippen LogP contribution in [0.4, 0.5) is 9.59 Å². The Morgan fingerprint density at radius 2 is 0.859 bits per heavy atom. The summed E-state index contributed by atoms with van der Waals surface area (Å²) in [5.41, 5.74) is 5.18. The van der Waals surface area contributed by atoms with Gasteiger partial charge in [-0.15, -0.1) is 10.2 Å². The minimum absolute atomic E-state index is 0.00922. The fourth-order valence-corrected chi connectivity index (χ4v) is 14.9. The summed E-state index contributed by atoms with van der Waals surface area (Å²) in [6, 6.07) is 28.7. The molecule has 4 heterocycles. The number of aliphatic carboxylic acids is 1. The van der Waals surface area contributed by atoms with Crippen LogP contribution in [0.2, 0.25) is 0 Å². The van der Waals surface area contributed by atoms with E-state index in [1.165, 1.54) is 47.1 Å². The SMILES string of the molecule is C[C@@H](C(=O)N[C@H](C(=O)N1C[C@@H](n2cc(COc3ccc(C[C@@H](C#N)NC(=O)[C@H](Cc4ccc5ccccc5c4)NC(=O)[C@@H]4C[C@H](n5cc(COc6ccc(C[C@H](N)C(=O)OC(C)(C)C)cc6)nn5)CN4C(=O)[C@@H](NC(=O)[C@H](C)N(C)C(=O)OC(C)(C)C)C(C)(C)C)cc3)nn2)C[C@H]1C(=O)N[C@@H](Cc1ccc2ccccc2c1)C(=O)O)C(C)(C)C)N(C)C(=O)OC(C)(C)C. The molecule has 34 nitrogen and oxygen atoms in total. The van der Waals surface area contributed by atoms with Gasteiger partial charge in [0.2, 0.25) is 41.4 Å². The number of nitriles is 1. The molecular weight excluding hydrogens is 1640 g/mol. The lowest BCUT2D eigenvalue weighted by Gasteiger charge is -2.37. The molecule has 0 unspecified atom stereocenters. The largest absolute Gasteiger partial charge is 0.487 e. The Balaban J connectivity index is 0.846. The number of carbonyl (C=O) groups is 11. The van der Waals surface area contributed by atoms with Crippen molar-refractivity contribution >= 4 is 87.0 Å². The number of likely N-dealkylation sites (tertiary alicyclic amines) is 2.